The summed E-state index contributed by atoms with van der Waals surface area (Å²) >= 11 is 0. The van der Waals surface area contributed by atoms with Crippen LogP contribution in [0.15, 0.2) is 4.99 Å². The zero-order valence-corrected chi connectivity index (χ0v) is 7.52. The molecule has 1 aliphatic rings. The number of aliphatic imine (C=N–C) groups is 1. The fourth-order valence-corrected chi connectivity index (χ4v) is 0.886. The highest BCUT2D eigenvalue weighted by Crippen LogP contribution is 1.84. The third kappa shape index (κ3) is 3.23. The number of nitrogens with one attached hydrogen (secondary N) is 4. The van der Waals surface area contributed by atoms with Crippen molar-refractivity contribution in [2.75, 3.05) is 20.1 Å². The molecule has 0 saturated carbocycles. The molecule has 0 radical (unpaired) electrons. The van der Waals surface area contributed by atoms with Gasteiger partial charge < -0.3 is 10.6 Å². The minimum atomic E-state index is -0.240. The molecule has 0 saturated heterocycles. The van der Waals surface area contributed by atoms with E-state index in [1.54, 1.807) is 0 Å². The molecule has 0 spiro atoms. The molecule has 0 aromatic rings. The predicted octanol–water partition coefficient (Wildman–Crippen LogP) is -1.27. The van der Waals surface area contributed by atoms with Gasteiger partial charge in [-0.3, -0.25) is 10.7 Å². The number of rotatable bonds is 4. The number of likely N-dealkylation sites (N-methyl/N-ethyl adjacent to an activating group) is 1. The van der Waals surface area contributed by atoms with Crippen LogP contribution in [-0.2, 0) is 0 Å². The summed E-state index contributed by atoms with van der Waals surface area (Å²) in [6, 6.07) is 2.35. The van der Waals surface area contributed by atoms with E-state index in [-0.39, 0.29) is 6.04 Å². The lowest BCUT2D eigenvalue weighted by molar-refractivity contribution is 0.656. The summed E-state index contributed by atoms with van der Waals surface area (Å²) in [5, 5.41) is 16.4. The monoisotopic (exact) mass is 179 g/mol. The van der Waals surface area contributed by atoms with E-state index in [9.17, 15) is 0 Å². The van der Waals surface area contributed by atoms with E-state index in [4.69, 9.17) is 5.41 Å². The molecule has 5 heteroatoms. The van der Waals surface area contributed by atoms with E-state index in [1.165, 1.54) is 6.34 Å². The van der Waals surface area contributed by atoms with Gasteiger partial charge in [0.25, 0.3) is 0 Å². The van der Waals surface area contributed by atoms with Crippen LogP contribution in [0.5, 0.6) is 0 Å². The molecule has 0 aromatic carbocycles. The molecular formula is C8H13N5. The number of hydrogen-bond acceptors (Lipinski definition) is 4. The Morgan fingerprint density at radius 3 is 3.31 bits per heavy atom. The molecule has 13 heavy (non-hydrogen) atoms. The fourth-order valence-electron chi connectivity index (χ4n) is 0.886. The van der Waals surface area contributed by atoms with Gasteiger partial charge in [-0.25, -0.2) is 0 Å². The van der Waals surface area contributed by atoms with Crippen molar-refractivity contribution in [1.82, 2.24) is 16.0 Å². The van der Waals surface area contributed by atoms with Crippen molar-refractivity contribution in [3.8, 4) is 12.0 Å². The van der Waals surface area contributed by atoms with Gasteiger partial charge in [0.15, 0.2) is 0 Å². The van der Waals surface area contributed by atoms with Gasteiger partial charge in [-0.15, -0.1) is 0 Å². The molecule has 5 nitrogen and oxygen atoms in total. The van der Waals surface area contributed by atoms with Gasteiger partial charge in [-0.2, -0.15) is 4.99 Å². The smallest absolute Gasteiger partial charge is 0.129 e. The number of hydrogen-bond donors (Lipinski definition) is 4. The van der Waals surface area contributed by atoms with Gasteiger partial charge >= 0.3 is 0 Å². The molecule has 1 rings (SSSR count). The molecule has 1 atom stereocenters. The van der Waals surface area contributed by atoms with E-state index in [1.807, 2.05) is 7.05 Å². The Hall–Kier alpha value is -1.38. The fraction of sp³-hybridized carbons (Fsp3) is 0.500. The number of amidine groups is 1. The minimum Gasteiger partial charge on any atom is -0.332 e. The summed E-state index contributed by atoms with van der Waals surface area (Å²) in [5.74, 6) is 3.15. The van der Waals surface area contributed by atoms with Crippen molar-refractivity contribution in [3.63, 3.8) is 0 Å². The van der Waals surface area contributed by atoms with Crippen LogP contribution < -0.4 is 16.0 Å². The largest absolute Gasteiger partial charge is 0.332 e. The average molecular weight is 179 g/mol. The summed E-state index contributed by atoms with van der Waals surface area (Å²) in [7, 11) is 1.88. The second kappa shape index (κ2) is 5.30. The van der Waals surface area contributed by atoms with Crippen LogP contribution in [0.25, 0.3) is 0 Å². The van der Waals surface area contributed by atoms with Gasteiger partial charge in [0.2, 0.25) is 0 Å². The van der Waals surface area contributed by atoms with Gasteiger partial charge in [0.1, 0.15) is 18.2 Å². The first-order valence-corrected chi connectivity index (χ1v) is 4.09. The van der Waals surface area contributed by atoms with Crippen LogP contribution in [0.3, 0.4) is 0 Å². The van der Waals surface area contributed by atoms with Crippen LogP contribution in [0.2, 0.25) is 0 Å². The van der Waals surface area contributed by atoms with Crippen molar-refractivity contribution >= 4 is 12.2 Å². The van der Waals surface area contributed by atoms with Crippen LogP contribution >= 0.6 is 0 Å². The third-order valence-electron chi connectivity index (χ3n) is 1.57. The van der Waals surface area contributed by atoms with Crippen LogP contribution in [0.1, 0.15) is 0 Å². The standard InChI is InChI=1S/C8H13N5/c1-10-4-5-12-7-2-3-11-6-13-8(7)9/h6-7,10,12H,4-5H2,1H3,(H2,9,11,13). The minimum absolute atomic E-state index is 0.240. The Morgan fingerprint density at radius 1 is 1.69 bits per heavy atom. The molecule has 4 N–H and O–H groups in total. The summed E-state index contributed by atoms with van der Waals surface area (Å²) in [6.45, 7) is 1.63. The van der Waals surface area contributed by atoms with Crippen molar-refractivity contribution in [1.29, 1.82) is 5.41 Å². The second-order valence-electron chi connectivity index (χ2n) is 2.56. The van der Waals surface area contributed by atoms with Crippen LogP contribution in [0.4, 0.5) is 0 Å². The summed E-state index contributed by atoms with van der Waals surface area (Å²) in [6.07, 6.45) is 1.43. The lowest BCUT2D eigenvalue weighted by atomic mass is 10.3. The van der Waals surface area contributed by atoms with Gasteiger partial charge in [0, 0.05) is 19.1 Å². The topological polar surface area (TPSA) is 72.3 Å². The molecule has 1 heterocycles. The first-order chi connectivity index (χ1) is 6.34. The van der Waals surface area contributed by atoms with Gasteiger partial charge in [-0.05, 0) is 7.05 Å². The lowest BCUT2D eigenvalue weighted by Gasteiger charge is -2.12. The molecule has 1 aliphatic heterocycles. The lowest BCUT2D eigenvalue weighted by Crippen LogP contribution is -2.43. The quantitative estimate of drug-likeness (QED) is 0.321. The maximum atomic E-state index is 7.53. The Morgan fingerprint density at radius 2 is 2.54 bits per heavy atom. The van der Waals surface area contributed by atoms with Crippen molar-refractivity contribution in [2.45, 2.75) is 6.04 Å². The first-order valence-electron chi connectivity index (χ1n) is 4.09. The summed E-state index contributed by atoms with van der Waals surface area (Å²) < 4.78 is 0. The van der Waals surface area contributed by atoms with Gasteiger partial charge in [0.05, 0.1) is 0 Å². The molecule has 70 valence electrons. The average Bonchev–Trinajstić information content (AvgIpc) is 2.32. The zero-order chi connectivity index (χ0) is 9.52. The maximum Gasteiger partial charge on any atom is 0.129 e. The number of nitrogens with zero attached hydrogens (tertiary/aromatic N) is 1. The Labute approximate surface area is 77.5 Å². The highest BCUT2D eigenvalue weighted by molar-refractivity contribution is 5.96. The molecule has 0 bridgehead atoms. The molecule has 0 fully saturated rings. The van der Waals surface area contributed by atoms with Gasteiger partial charge in [-0.1, -0.05) is 5.92 Å². The zero-order valence-electron chi connectivity index (χ0n) is 7.52. The SMILES string of the molecule is CNCCNC1C#CN=CNC1=N. The molecule has 0 aromatic heterocycles. The molecular weight excluding hydrogens is 166 g/mol. The van der Waals surface area contributed by atoms with Crippen molar-refractivity contribution < 1.29 is 0 Å². The van der Waals surface area contributed by atoms with E-state index < -0.39 is 0 Å². The van der Waals surface area contributed by atoms with E-state index in [0.717, 1.165) is 13.1 Å². The maximum absolute atomic E-state index is 7.53. The Bertz CT molecular complexity index is 259. The first kappa shape index (κ1) is 9.71. The second-order valence-corrected chi connectivity index (χ2v) is 2.56. The highest BCUT2D eigenvalue weighted by Gasteiger charge is 2.10. The molecule has 1 unspecified atom stereocenters. The van der Waals surface area contributed by atoms with Crippen molar-refractivity contribution in [2.24, 2.45) is 4.99 Å². The summed E-state index contributed by atoms with van der Waals surface area (Å²) in [4.78, 5) is 3.71. The molecule has 0 aliphatic carbocycles. The Balaban J connectivity index is 2.39. The van der Waals surface area contributed by atoms with E-state index >= 15 is 0 Å². The highest BCUT2D eigenvalue weighted by atomic mass is 15.1. The van der Waals surface area contributed by atoms with Crippen LogP contribution in [0, 0.1) is 17.4 Å². The van der Waals surface area contributed by atoms with Crippen LogP contribution in [-0.4, -0.2) is 38.4 Å². The molecule has 0 amide bonds. The summed E-state index contributed by atoms with van der Waals surface area (Å²) in [5.41, 5.74) is 0. The van der Waals surface area contributed by atoms with E-state index in [2.05, 4.69) is 32.9 Å². The normalized spacial score (nSPS) is 20.1. The van der Waals surface area contributed by atoms with Crippen molar-refractivity contribution in [3.05, 3.63) is 0 Å². The predicted molar refractivity (Wildman–Crippen MR) is 52.8 cm³/mol. The Kier molecular flexibility index (Phi) is 3.96. The van der Waals surface area contributed by atoms with E-state index in [0.29, 0.717) is 5.84 Å². The third-order valence-corrected chi connectivity index (χ3v) is 1.57.